The van der Waals surface area contributed by atoms with E-state index in [1.165, 1.54) is 12.1 Å². The second-order valence-corrected chi connectivity index (χ2v) is 5.36. The van der Waals surface area contributed by atoms with Crippen molar-refractivity contribution in [3.63, 3.8) is 0 Å². The number of carboxylic acids is 1. The smallest absolute Gasteiger partial charge is 0.335 e. The van der Waals surface area contributed by atoms with E-state index in [4.69, 9.17) is 5.11 Å². The van der Waals surface area contributed by atoms with Gasteiger partial charge in [0.1, 0.15) is 6.07 Å². The first-order valence-electron chi connectivity index (χ1n) is 6.10. The lowest BCUT2D eigenvalue weighted by Crippen LogP contribution is -2.01. The maximum absolute atomic E-state index is 10.9. The average molecular weight is 346 g/mol. The number of halogens is 1. The Morgan fingerprint density at radius 2 is 2.05 bits per heavy atom. The standard InChI is InChI=1S/C15H12BrN3O2/c1-8-5-14(11(7-17)9(2)18-8)19-13-4-3-10(15(20)21)6-12(13)16/h3-6H,1-2H3,(H,18,19)(H,20,21). The summed E-state index contributed by atoms with van der Waals surface area (Å²) in [5.74, 6) is -0.990. The third kappa shape index (κ3) is 3.20. The van der Waals surface area contributed by atoms with Gasteiger partial charge in [-0.05, 0) is 54.0 Å². The molecular weight excluding hydrogens is 334 g/mol. The summed E-state index contributed by atoms with van der Waals surface area (Å²) in [5, 5.41) is 21.3. The molecule has 0 atom stereocenters. The molecule has 0 aliphatic carbocycles. The highest BCUT2D eigenvalue weighted by Gasteiger charge is 2.11. The molecule has 21 heavy (non-hydrogen) atoms. The number of nitriles is 1. The molecule has 106 valence electrons. The van der Waals surface area contributed by atoms with Gasteiger partial charge in [-0.1, -0.05) is 0 Å². The zero-order valence-electron chi connectivity index (χ0n) is 11.4. The van der Waals surface area contributed by atoms with E-state index < -0.39 is 5.97 Å². The molecule has 0 aliphatic rings. The Hall–Kier alpha value is -2.39. The van der Waals surface area contributed by atoms with Crippen molar-refractivity contribution in [2.45, 2.75) is 13.8 Å². The fraction of sp³-hybridized carbons (Fsp3) is 0.133. The Kier molecular flexibility index (Phi) is 4.24. The Morgan fingerprint density at radius 3 is 2.62 bits per heavy atom. The van der Waals surface area contributed by atoms with Gasteiger partial charge in [0, 0.05) is 10.2 Å². The van der Waals surface area contributed by atoms with Crippen LogP contribution < -0.4 is 5.32 Å². The first-order valence-corrected chi connectivity index (χ1v) is 6.90. The average Bonchev–Trinajstić information content (AvgIpc) is 2.40. The molecule has 0 aliphatic heterocycles. The number of nitrogens with one attached hydrogen (secondary N) is 1. The molecule has 0 saturated heterocycles. The maximum atomic E-state index is 10.9. The van der Waals surface area contributed by atoms with Gasteiger partial charge >= 0.3 is 5.97 Å². The summed E-state index contributed by atoms with van der Waals surface area (Å²) in [4.78, 5) is 15.2. The second-order valence-electron chi connectivity index (χ2n) is 4.51. The van der Waals surface area contributed by atoms with Crippen LogP contribution in [-0.2, 0) is 0 Å². The van der Waals surface area contributed by atoms with Crippen molar-refractivity contribution in [3.8, 4) is 6.07 Å². The van der Waals surface area contributed by atoms with Gasteiger partial charge in [0.2, 0.25) is 0 Å². The van der Waals surface area contributed by atoms with Crippen LogP contribution in [-0.4, -0.2) is 16.1 Å². The Bertz CT molecular complexity index is 766. The number of pyridine rings is 1. The number of hydrogen-bond acceptors (Lipinski definition) is 4. The molecule has 0 unspecified atom stereocenters. The molecule has 0 saturated carbocycles. The predicted octanol–water partition coefficient (Wildman–Crippen LogP) is 3.77. The molecule has 1 heterocycles. The van der Waals surface area contributed by atoms with E-state index in [2.05, 4.69) is 32.3 Å². The van der Waals surface area contributed by atoms with Gasteiger partial charge in [-0.15, -0.1) is 0 Å². The van der Waals surface area contributed by atoms with E-state index in [1.54, 1.807) is 19.1 Å². The van der Waals surface area contributed by atoms with Crippen LogP contribution >= 0.6 is 15.9 Å². The molecule has 2 aromatic rings. The molecule has 5 nitrogen and oxygen atoms in total. The fourth-order valence-corrected chi connectivity index (χ4v) is 2.44. The number of aromatic carboxylic acids is 1. The lowest BCUT2D eigenvalue weighted by atomic mass is 10.1. The zero-order chi connectivity index (χ0) is 15.6. The van der Waals surface area contributed by atoms with Crippen LogP contribution in [0.2, 0.25) is 0 Å². The van der Waals surface area contributed by atoms with E-state index >= 15 is 0 Å². The summed E-state index contributed by atoms with van der Waals surface area (Å²) in [6.45, 7) is 3.63. The summed E-state index contributed by atoms with van der Waals surface area (Å²) < 4.78 is 0.610. The number of carbonyl (C=O) groups is 1. The number of carboxylic acid groups (broad SMARTS) is 1. The molecular formula is C15H12BrN3O2. The molecule has 0 radical (unpaired) electrons. The summed E-state index contributed by atoms with van der Waals surface area (Å²) in [5.41, 5.74) is 3.43. The number of hydrogen-bond donors (Lipinski definition) is 2. The van der Waals surface area contributed by atoms with Crippen LogP contribution in [0.3, 0.4) is 0 Å². The van der Waals surface area contributed by atoms with Gasteiger partial charge in [0.05, 0.1) is 28.2 Å². The molecule has 0 spiro atoms. The van der Waals surface area contributed by atoms with Crippen LogP contribution in [0.15, 0.2) is 28.7 Å². The van der Waals surface area contributed by atoms with Gasteiger partial charge in [0.15, 0.2) is 0 Å². The van der Waals surface area contributed by atoms with Crippen LogP contribution in [0.1, 0.15) is 27.3 Å². The minimum absolute atomic E-state index is 0.190. The molecule has 2 rings (SSSR count). The number of nitrogens with zero attached hydrogens (tertiary/aromatic N) is 2. The number of aryl methyl sites for hydroxylation is 2. The SMILES string of the molecule is Cc1cc(Nc2ccc(C(=O)O)cc2Br)c(C#N)c(C)n1. The van der Waals surface area contributed by atoms with E-state index in [1.807, 2.05) is 6.92 Å². The second kappa shape index (κ2) is 5.94. The minimum Gasteiger partial charge on any atom is -0.478 e. The number of benzene rings is 1. The van der Waals surface area contributed by atoms with Crippen molar-refractivity contribution in [2.75, 3.05) is 5.32 Å². The van der Waals surface area contributed by atoms with Crippen LogP contribution in [0.4, 0.5) is 11.4 Å². The molecule has 1 aromatic carbocycles. The third-order valence-electron chi connectivity index (χ3n) is 2.93. The van der Waals surface area contributed by atoms with Crippen molar-refractivity contribution < 1.29 is 9.90 Å². The molecule has 0 fully saturated rings. The van der Waals surface area contributed by atoms with Crippen molar-refractivity contribution in [3.05, 3.63) is 51.3 Å². The number of rotatable bonds is 3. The maximum Gasteiger partial charge on any atom is 0.335 e. The highest BCUT2D eigenvalue weighted by atomic mass is 79.9. The van der Waals surface area contributed by atoms with Crippen molar-refractivity contribution in [1.82, 2.24) is 4.98 Å². The van der Waals surface area contributed by atoms with Crippen molar-refractivity contribution in [1.29, 1.82) is 5.26 Å². The molecule has 0 amide bonds. The summed E-state index contributed by atoms with van der Waals surface area (Å²) in [6.07, 6.45) is 0. The van der Waals surface area contributed by atoms with Crippen molar-refractivity contribution in [2.24, 2.45) is 0 Å². The highest BCUT2D eigenvalue weighted by molar-refractivity contribution is 9.10. The van der Waals surface area contributed by atoms with Gasteiger partial charge in [0.25, 0.3) is 0 Å². The highest BCUT2D eigenvalue weighted by Crippen LogP contribution is 2.29. The molecule has 1 aromatic heterocycles. The van der Waals surface area contributed by atoms with Gasteiger partial charge in [-0.25, -0.2) is 4.79 Å². The quantitative estimate of drug-likeness (QED) is 0.883. The molecule has 2 N–H and O–H groups in total. The lowest BCUT2D eigenvalue weighted by Gasteiger charge is -2.12. The van der Waals surface area contributed by atoms with Gasteiger partial charge in [-0.2, -0.15) is 5.26 Å². The Balaban J connectivity index is 2.44. The summed E-state index contributed by atoms with van der Waals surface area (Å²) in [7, 11) is 0. The Morgan fingerprint density at radius 1 is 1.33 bits per heavy atom. The predicted molar refractivity (Wildman–Crippen MR) is 82.8 cm³/mol. The lowest BCUT2D eigenvalue weighted by molar-refractivity contribution is 0.0697. The molecule has 0 bridgehead atoms. The first kappa shape index (κ1) is 15.0. The van der Waals surface area contributed by atoms with Crippen LogP contribution in [0, 0.1) is 25.2 Å². The fourth-order valence-electron chi connectivity index (χ4n) is 1.96. The number of anilines is 2. The third-order valence-corrected chi connectivity index (χ3v) is 3.58. The van der Waals surface area contributed by atoms with Crippen LogP contribution in [0.25, 0.3) is 0 Å². The summed E-state index contributed by atoms with van der Waals surface area (Å²) in [6, 6.07) is 8.57. The van der Waals surface area contributed by atoms with Gasteiger partial charge < -0.3 is 10.4 Å². The van der Waals surface area contributed by atoms with E-state index in [0.29, 0.717) is 27.1 Å². The topological polar surface area (TPSA) is 86.0 Å². The first-order chi connectivity index (χ1) is 9.92. The van der Waals surface area contributed by atoms with Crippen molar-refractivity contribution >= 4 is 33.3 Å². The zero-order valence-corrected chi connectivity index (χ0v) is 13.0. The minimum atomic E-state index is -0.990. The van der Waals surface area contributed by atoms with E-state index in [0.717, 1.165) is 5.69 Å². The Labute approximate surface area is 130 Å². The monoisotopic (exact) mass is 345 g/mol. The van der Waals surface area contributed by atoms with Gasteiger partial charge in [-0.3, -0.25) is 4.98 Å². The number of aromatic nitrogens is 1. The van der Waals surface area contributed by atoms with Crippen LogP contribution in [0.5, 0.6) is 0 Å². The largest absolute Gasteiger partial charge is 0.478 e. The van der Waals surface area contributed by atoms with E-state index in [-0.39, 0.29) is 5.56 Å². The normalized spacial score (nSPS) is 10.0. The van der Waals surface area contributed by atoms with E-state index in [9.17, 15) is 10.1 Å². The summed E-state index contributed by atoms with van der Waals surface area (Å²) >= 11 is 3.33. The molecule has 6 heteroatoms.